The van der Waals surface area contributed by atoms with Crippen molar-refractivity contribution in [3.05, 3.63) is 0 Å². The molecule has 0 unspecified atom stereocenters. The van der Waals surface area contributed by atoms with Crippen LogP contribution in [0, 0.1) is 0 Å². The Morgan fingerprint density at radius 2 is 1.82 bits per heavy atom. The van der Waals surface area contributed by atoms with Gasteiger partial charge >= 0.3 is 0 Å². The standard InChI is InChI=1S/C13H28O3Si/c1-13(2,3)17(4,5)15-9-7-6-8-11-12(10-14)16-11/h11-12,14H,6-10H2,1-5H3/t11-,12-/m1/s1. The molecule has 0 radical (unpaired) electrons. The summed E-state index contributed by atoms with van der Waals surface area (Å²) in [7, 11) is -1.56. The van der Waals surface area contributed by atoms with E-state index in [1.165, 1.54) is 0 Å². The van der Waals surface area contributed by atoms with Crippen LogP contribution in [0.1, 0.15) is 40.0 Å². The zero-order valence-electron chi connectivity index (χ0n) is 12.0. The topological polar surface area (TPSA) is 42.0 Å². The van der Waals surface area contributed by atoms with Crippen LogP contribution in [0.15, 0.2) is 0 Å². The monoisotopic (exact) mass is 260 g/mol. The largest absolute Gasteiger partial charge is 0.417 e. The fraction of sp³-hybridized carbons (Fsp3) is 1.00. The summed E-state index contributed by atoms with van der Waals surface area (Å²) in [6.07, 6.45) is 3.73. The van der Waals surface area contributed by atoms with Gasteiger partial charge in [-0.25, -0.2) is 0 Å². The summed E-state index contributed by atoms with van der Waals surface area (Å²) in [5.74, 6) is 0. The molecule has 1 aliphatic heterocycles. The molecular weight excluding hydrogens is 232 g/mol. The number of aliphatic hydroxyl groups is 1. The van der Waals surface area contributed by atoms with Gasteiger partial charge in [0.05, 0.1) is 12.7 Å². The third-order valence-electron chi connectivity index (χ3n) is 4.02. The summed E-state index contributed by atoms with van der Waals surface area (Å²) in [4.78, 5) is 0. The van der Waals surface area contributed by atoms with Gasteiger partial charge in [0.15, 0.2) is 8.32 Å². The smallest absolute Gasteiger partial charge is 0.191 e. The number of aliphatic hydroxyl groups excluding tert-OH is 1. The number of ether oxygens (including phenoxy) is 1. The van der Waals surface area contributed by atoms with E-state index in [1.807, 2.05) is 0 Å². The number of hydrogen-bond acceptors (Lipinski definition) is 3. The van der Waals surface area contributed by atoms with Crippen LogP contribution in [-0.4, -0.2) is 38.8 Å². The molecule has 102 valence electrons. The fourth-order valence-electron chi connectivity index (χ4n) is 1.59. The third kappa shape index (κ3) is 4.70. The Kier molecular flexibility index (Phi) is 5.19. The molecule has 0 bridgehead atoms. The maximum absolute atomic E-state index is 8.83. The predicted molar refractivity (Wildman–Crippen MR) is 72.7 cm³/mol. The third-order valence-corrected chi connectivity index (χ3v) is 8.56. The predicted octanol–water partition coefficient (Wildman–Crippen LogP) is 2.94. The lowest BCUT2D eigenvalue weighted by Crippen LogP contribution is -2.40. The fourth-order valence-corrected chi connectivity index (χ4v) is 2.67. The van der Waals surface area contributed by atoms with Gasteiger partial charge in [0.25, 0.3) is 0 Å². The lowest BCUT2D eigenvalue weighted by Gasteiger charge is -2.36. The van der Waals surface area contributed by atoms with E-state index in [-0.39, 0.29) is 12.7 Å². The molecule has 1 rings (SSSR count). The van der Waals surface area contributed by atoms with Gasteiger partial charge in [-0.15, -0.1) is 0 Å². The summed E-state index contributed by atoms with van der Waals surface area (Å²) >= 11 is 0. The molecule has 17 heavy (non-hydrogen) atoms. The molecule has 0 saturated carbocycles. The molecule has 3 nitrogen and oxygen atoms in total. The Balaban J connectivity index is 2.04. The second-order valence-electron chi connectivity index (χ2n) is 6.50. The Hall–Kier alpha value is 0.0969. The van der Waals surface area contributed by atoms with E-state index < -0.39 is 8.32 Å². The zero-order valence-corrected chi connectivity index (χ0v) is 13.0. The van der Waals surface area contributed by atoms with E-state index in [9.17, 15) is 0 Å². The van der Waals surface area contributed by atoms with E-state index in [0.29, 0.717) is 11.1 Å². The molecule has 1 fully saturated rings. The molecule has 0 aromatic carbocycles. The summed E-state index contributed by atoms with van der Waals surface area (Å²) in [6.45, 7) is 12.4. The molecule has 0 aromatic heterocycles. The van der Waals surface area contributed by atoms with Crippen LogP contribution in [0.5, 0.6) is 0 Å². The van der Waals surface area contributed by atoms with Crippen LogP contribution < -0.4 is 0 Å². The second-order valence-corrected chi connectivity index (χ2v) is 11.3. The summed E-state index contributed by atoms with van der Waals surface area (Å²) < 4.78 is 11.4. The molecule has 0 aromatic rings. The zero-order chi connectivity index (χ0) is 13.1. The van der Waals surface area contributed by atoms with Gasteiger partial charge in [0.1, 0.15) is 6.10 Å². The van der Waals surface area contributed by atoms with Gasteiger partial charge in [0, 0.05) is 6.61 Å². The Bertz CT molecular complexity index is 235. The van der Waals surface area contributed by atoms with Crippen molar-refractivity contribution in [3.8, 4) is 0 Å². The van der Waals surface area contributed by atoms with Crippen LogP contribution in [-0.2, 0) is 9.16 Å². The van der Waals surface area contributed by atoms with E-state index >= 15 is 0 Å². The van der Waals surface area contributed by atoms with Crippen molar-refractivity contribution in [1.82, 2.24) is 0 Å². The minimum atomic E-state index is -1.56. The Labute approximate surface area is 107 Å². The molecule has 4 heteroatoms. The minimum Gasteiger partial charge on any atom is -0.417 e. The van der Waals surface area contributed by atoms with Crippen molar-refractivity contribution in [2.24, 2.45) is 0 Å². The quantitative estimate of drug-likeness (QED) is 0.435. The summed E-state index contributed by atoms with van der Waals surface area (Å²) in [5, 5.41) is 9.13. The summed E-state index contributed by atoms with van der Waals surface area (Å²) in [5.41, 5.74) is 0. The molecule has 0 aliphatic carbocycles. The van der Waals surface area contributed by atoms with Crippen LogP contribution in [0.3, 0.4) is 0 Å². The Morgan fingerprint density at radius 3 is 2.29 bits per heavy atom. The lowest BCUT2D eigenvalue weighted by molar-refractivity contribution is 0.241. The van der Waals surface area contributed by atoms with Gasteiger partial charge in [-0.2, -0.15) is 0 Å². The second kappa shape index (κ2) is 5.82. The lowest BCUT2D eigenvalue weighted by atomic mass is 10.1. The van der Waals surface area contributed by atoms with Crippen LogP contribution >= 0.6 is 0 Å². The first-order chi connectivity index (χ1) is 7.78. The van der Waals surface area contributed by atoms with E-state index in [2.05, 4.69) is 33.9 Å². The normalized spacial score (nSPS) is 25.1. The number of rotatable bonds is 7. The average molecular weight is 260 g/mol. The van der Waals surface area contributed by atoms with Gasteiger partial charge in [-0.1, -0.05) is 20.8 Å². The first-order valence-corrected chi connectivity index (χ1v) is 9.59. The van der Waals surface area contributed by atoms with Crippen molar-refractivity contribution >= 4 is 8.32 Å². The molecule has 2 atom stereocenters. The molecule has 1 aliphatic rings. The van der Waals surface area contributed by atoms with Crippen molar-refractivity contribution in [2.75, 3.05) is 13.2 Å². The number of hydrogen-bond donors (Lipinski definition) is 1. The average Bonchev–Trinajstić information content (AvgIpc) is 2.94. The van der Waals surface area contributed by atoms with Gasteiger partial charge in [-0.3, -0.25) is 0 Å². The van der Waals surface area contributed by atoms with E-state index in [4.69, 9.17) is 14.3 Å². The van der Waals surface area contributed by atoms with Crippen LogP contribution in [0.2, 0.25) is 18.1 Å². The molecule has 1 heterocycles. The SMILES string of the molecule is CC(C)(C)[Si](C)(C)OCCCC[C@H]1O[C@@H]1CO. The first-order valence-electron chi connectivity index (χ1n) is 6.68. The highest BCUT2D eigenvalue weighted by Crippen LogP contribution is 2.36. The highest BCUT2D eigenvalue weighted by atomic mass is 28.4. The Morgan fingerprint density at radius 1 is 1.18 bits per heavy atom. The van der Waals surface area contributed by atoms with E-state index in [1.54, 1.807) is 0 Å². The highest BCUT2D eigenvalue weighted by Gasteiger charge is 2.38. The molecular formula is C13H28O3Si. The molecule has 1 saturated heterocycles. The molecule has 0 spiro atoms. The van der Waals surface area contributed by atoms with Gasteiger partial charge < -0.3 is 14.3 Å². The van der Waals surface area contributed by atoms with Crippen molar-refractivity contribution in [1.29, 1.82) is 0 Å². The van der Waals surface area contributed by atoms with Gasteiger partial charge in [-0.05, 0) is 37.4 Å². The molecule has 1 N–H and O–H groups in total. The summed E-state index contributed by atoms with van der Waals surface area (Å²) in [6, 6.07) is 0. The molecule has 0 amide bonds. The van der Waals surface area contributed by atoms with Crippen molar-refractivity contribution in [3.63, 3.8) is 0 Å². The maximum Gasteiger partial charge on any atom is 0.191 e. The van der Waals surface area contributed by atoms with Crippen molar-refractivity contribution in [2.45, 2.75) is 70.4 Å². The number of unbranched alkanes of at least 4 members (excludes halogenated alkanes) is 1. The first kappa shape index (κ1) is 15.2. The maximum atomic E-state index is 8.83. The highest BCUT2D eigenvalue weighted by molar-refractivity contribution is 6.74. The van der Waals surface area contributed by atoms with Crippen LogP contribution in [0.4, 0.5) is 0 Å². The number of epoxide rings is 1. The van der Waals surface area contributed by atoms with Crippen LogP contribution in [0.25, 0.3) is 0 Å². The van der Waals surface area contributed by atoms with Crippen molar-refractivity contribution < 1.29 is 14.3 Å². The van der Waals surface area contributed by atoms with Gasteiger partial charge in [0.2, 0.25) is 0 Å². The minimum absolute atomic E-state index is 0.122. The van der Waals surface area contributed by atoms with E-state index in [0.717, 1.165) is 25.9 Å².